The SMILES string of the molecule is O=S(=O)(N1Cc2cc(C(F)(F)F)ccc2N(Cc2cnc[nH]2)C(CCC2CC2)C1)C(F)(F)F. The van der Waals surface area contributed by atoms with E-state index in [9.17, 15) is 34.8 Å². The van der Waals surface area contributed by atoms with E-state index in [1.165, 1.54) is 18.6 Å². The molecule has 13 heteroatoms. The normalized spacial score (nSPS) is 20.5. The van der Waals surface area contributed by atoms with Gasteiger partial charge in [0.1, 0.15) is 0 Å². The van der Waals surface area contributed by atoms with Crippen LogP contribution in [0.4, 0.5) is 32.0 Å². The maximum Gasteiger partial charge on any atom is 0.511 e. The molecule has 0 bridgehead atoms. The molecule has 0 radical (unpaired) electrons. The molecule has 1 unspecified atom stereocenters. The highest BCUT2D eigenvalue weighted by atomic mass is 32.2. The molecule has 1 N–H and O–H groups in total. The highest BCUT2D eigenvalue weighted by Crippen LogP contribution is 2.40. The number of aromatic nitrogens is 2. The summed E-state index contributed by atoms with van der Waals surface area (Å²) in [6.07, 6.45) is 1.31. The largest absolute Gasteiger partial charge is 0.511 e. The van der Waals surface area contributed by atoms with Crippen molar-refractivity contribution < 1.29 is 34.8 Å². The minimum Gasteiger partial charge on any atom is -0.361 e. The summed E-state index contributed by atoms with van der Waals surface area (Å²) in [7, 11) is -5.75. The highest BCUT2D eigenvalue weighted by Gasteiger charge is 2.51. The molecule has 0 spiro atoms. The fraction of sp³-hybridized carbons (Fsp3) is 0.550. The van der Waals surface area contributed by atoms with Crippen LogP contribution in [-0.4, -0.2) is 40.8 Å². The summed E-state index contributed by atoms with van der Waals surface area (Å²) in [4.78, 5) is 8.51. The van der Waals surface area contributed by atoms with Gasteiger partial charge in [-0.1, -0.05) is 12.8 Å². The zero-order valence-electron chi connectivity index (χ0n) is 17.3. The quantitative estimate of drug-likeness (QED) is 0.591. The van der Waals surface area contributed by atoms with Gasteiger partial charge in [-0.2, -0.15) is 30.6 Å². The van der Waals surface area contributed by atoms with Crippen molar-refractivity contribution >= 4 is 15.7 Å². The van der Waals surface area contributed by atoms with Crippen LogP contribution in [0.15, 0.2) is 30.7 Å². The molecule has 1 atom stereocenters. The molecule has 2 aromatic rings. The summed E-state index contributed by atoms with van der Waals surface area (Å²) >= 11 is 0. The van der Waals surface area contributed by atoms with Gasteiger partial charge in [0.2, 0.25) is 0 Å². The number of nitrogens with zero attached hydrogens (tertiary/aromatic N) is 3. The van der Waals surface area contributed by atoms with E-state index in [1.54, 1.807) is 4.90 Å². The zero-order valence-corrected chi connectivity index (χ0v) is 18.1. The topological polar surface area (TPSA) is 69.3 Å². The first-order chi connectivity index (χ1) is 15.4. The van der Waals surface area contributed by atoms with Crippen molar-refractivity contribution in [3.05, 3.63) is 47.5 Å². The molecule has 1 aliphatic carbocycles. The van der Waals surface area contributed by atoms with Crippen molar-refractivity contribution in [3.8, 4) is 0 Å². The Kier molecular flexibility index (Phi) is 6.14. The summed E-state index contributed by atoms with van der Waals surface area (Å²) in [5.74, 6) is 0.432. The van der Waals surface area contributed by atoms with Gasteiger partial charge in [-0.15, -0.1) is 0 Å². The summed E-state index contributed by atoms with van der Waals surface area (Å²) < 4.78 is 105. The Morgan fingerprint density at radius 3 is 2.39 bits per heavy atom. The van der Waals surface area contributed by atoms with E-state index in [0.717, 1.165) is 25.0 Å². The van der Waals surface area contributed by atoms with Crippen molar-refractivity contribution in [3.63, 3.8) is 0 Å². The molecular weight excluding hydrogens is 474 g/mol. The van der Waals surface area contributed by atoms with Crippen LogP contribution in [0.1, 0.15) is 42.5 Å². The molecule has 2 heterocycles. The smallest absolute Gasteiger partial charge is 0.361 e. The number of hydrogen-bond donors (Lipinski definition) is 1. The van der Waals surface area contributed by atoms with Gasteiger partial charge in [0.25, 0.3) is 0 Å². The average Bonchev–Trinajstić information content (AvgIpc) is 3.43. The molecule has 4 rings (SSSR count). The third-order valence-electron chi connectivity index (χ3n) is 6.05. The zero-order chi connectivity index (χ0) is 24.0. The Morgan fingerprint density at radius 1 is 1.09 bits per heavy atom. The summed E-state index contributed by atoms with van der Waals surface area (Å²) in [5, 5.41) is 0. The van der Waals surface area contributed by atoms with Crippen LogP contribution in [-0.2, 0) is 29.3 Å². The lowest BCUT2D eigenvalue weighted by Crippen LogP contribution is -2.47. The third kappa shape index (κ3) is 5.13. The van der Waals surface area contributed by atoms with Gasteiger partial charge < -0.3 is 9.88 Å². The molecule has 1 saturated carbocycles. The predicted molar refractivity (Wildman–Crippen MR) is 107 cm³/mol. The number of aromatic amines is 1. The summed E-state index contributed by atoms with van der Waals surface area (Å²) in [5.41, 5.74) is -5.87. The van der Waals surface area contributed by atoms with E-state index in [-0.39, 0.29) is 22.1 Å². The number of alkyl halides is 6. The van der Waals surface area contributed by atoms with E-state index in [4.69, 9.17) is 0 Å². The van der Waals surface area contributed by atoms with E-state index in [2.05, 4.69) is 9.97 Å². The van der Waals surface area contributed by atoms with Crippen LogP contribution in [0.2, 0.25) is 0 Å². The number of benzene rings is 1. The van der Waals surface area contributed by atoms with Gasteiger partial charge in [0.15, 0.2) is 0 Å². The van der Waals surface area contributed by atoms with E-state index >= 15 is 0 Å². The van der Waals surface area contributed by atoms with Crippen LogP contribution < -0.4 is 4.90 Å². The van der Waals surface area contributed by atoms with E-state index in [1.807, 2.05) is 0 Å². The van der Waals surface area contributed by atoms with Crippen LogP contribution >= 0.6 is 0 Å². The van der Waals surface area contributed by atoms with Gasteiger partial charge in [-0.3, -0.25) is 0 Å². The summed E-state index contributed by atoms with van der Waals surface area (Å²) in [6, 6.07) is 2.15. The van der Waals surface area contributed by atoms with Gasteiger partial charge >= 0.3 is 21.7 Å². The van der Waals surface area contributed by atoms with Gasteiger partial charge in [0.05, 0.1) is 24.1 Å². The molecule has 0 saturated heterocycles. The van der Waals surface area contributed by atoms with Crippen LogP contribution in [0.5, 0.6) is 0 Å². The number of halogens is 6. The Balaban J connectivity index is 1.80. The lowest BCUT2D eigenvalue weighted by molar-refractivity contribution is -0.137. The van der Waals surface area contributed by atoms with Gasteiger partial charge in [-0.25, -0.2) is 13.4 Å². The first kappa shape index (κ1) is 23.9. The molecule has 33 heavy (non-hydrogen) atoms. The maximum absolute atomic E-state index is 13.4. The number of rotatable bonds is 6. The molecule has 6 nitrogen and oxygen atoms in total. The highest BCUT2D eigenvalue weighted by molar-refractivity contribution is 7.89. The molecule has 2 aliphatic rings. The van der Waals surface area contributed by atoms with Gasteiger partial charge in [-0.05, 0) is 42.5 Å². The fourth-order valence-electron chi connectivity index (χ4n) is 4.13. The van der Waals surface area contributed by atoms with Gasteiger partial charge in [0, 0.05) is 31.0 Å². The first-order valence-electron chi connectivity index (χ1n) is 10.4. The molecule has 182 valence electrons. The Hall–Kier alpha value is -2.28. The van der Waals surface area contributed by atoms with Crippen molar-refractivity contribution in [2.45, 2.75) is 56.5 Å². The Morgan fingerprint density at radius 2 is 1.82 bits per heavy atom. The maximum atomic E-state index is 13.4. The Labute approximate surface area is 186 Å². The first-order valence-corrected chi connectivity index (χ1v) is 11.8. The van der Waals surface area contributed by atoms with Crippen molar-refractivity contribution in [2.24, 2.45) is 5.92 Å². The standard InChI is InChI=1S/C20H22F6N4O2S/c21-19(22,23)15-4-6-18-14(7-15)9-29(33(31,32)20(24,25)26)11-17(5-3-13-1-2-13)30(18)10-16-8-27-12-28-16/h4,6-8,12-13,17H,1-3,5,9-11H2,(H,27,28). The van der Waals surface area contributed by atoms with Crippen LogP contribution in [0.3, 0.4) is 0 Å². The number of anilines is 1. The van der Waals surface area contributed by atoms with Crippen LogP contribution in [0, 0.1) is 5.92 Å². The average molecular weight is 496 g/mol. The number of fused-ring (bicyclic) bond motifs is 1. The monoisotopic (exact) mass is 496 g/mol. The molecule has 1 aromatic carbocycles. The molecule has 0 amide bonds. The second-order valence-corrected chi connectivity index (χ2v) is 10.4. The minimum atomic E-state index is -5.75. The fourth-order valence-corrected chi connectivity index (χ4v) is 5.10. The molecule has 1 fully saturated rings. The lowest BCUT2D eigenvalue weighted by atomic mass is 10.0. The number of hydrogen-bond acceptors (Lipinski definition) is 4. The third-order valence-corrected chi connectivity index (χ3v) is 7.59. The Bertz CT molecular complexity index is 1080. The minimum absolute atomic E-state index is 0.133. The molecule has 1 aliphatic heterocycles. The van der Waals surface area contributed by atoms with Crippen LogP contribution in [0.25, 0.3) is 0 Å². The number of imidazole rings is 1. The van der Waals surface area contributed by atoms with E-state index in [0.29, 0.717) is 24.5 Å². The van der Waals surface area contributed by atoms with Crippen molar-refractivity contribution in [1.29, 1.82) is 0 Å². The van der Waals surface area contributed by atoms with E-state index < -0.39 is 46.4 Å². The molecule has 1 aromatic heterocycles. The van der Waals surface area contributed by atoms with Crippen molar-refractivity contribution in [2.75, 3.05) is 11.4 Å². The molecular formula is C20H22F6N4O2S. The lowest BCUT2D eigenvalue weighted by Gasteiger charge is -2.34. The number of sulfonamides is 1. The van der Waals surface area contributed by atoms with Crippen molar-refractivity contribution in [1.82, 2.24) is 14.3 Å². The number of nitrogens with one attached hydrogen (secondary N) is 1. The number of H-pyrrole nitrogens is 1. The second kappa shape index (κ2) is 8.49. The second-order valence-electron chi connectivity index (χ2n) is 8.46. The summed E-state index contributed by atoms with van der Waals surface area (Å²) in [6.45, 7) is -1.16. The predicted octanol–water partition coefficient (Wildman–Crippen LogP) is 4.66.